The molecule has 0 unspecified atom stereocenters. The first-order chi connectivity index (χ1) is 9.76. The van der Waals surface area contributed by atoms with E-state index >= 15 is 0 Å². The van der Waals surface area contributed by atoms with Gasteiger partial charge in [0.15, 0.2) is 0 Å². The van der Waals surface area contributed by atoms with Crippen LogP contribution in [-0.2, 0) is 14.4 Å². The van der Waals surface area contributed by atoms with E-state index < -0.39 is 22.0 Å². The van der Waals surface area contributed by atoms with Crippen molar-refractivity contribution in [2.75, 3.05) is 12.0 Å². The van der Waals surface area contributed by atoms with Crippen molar-refractivity contribution in [2.24, 2.45) is 10.9 Å². The van der Waals surface area contributed by atoms with Crippen molar-refractivity contribution < 1.29 is 17.5 Å². The molecule has 8 nitrogen and oxygen atoms in total. The molecule has 0 aliphatic heterocycles. The molecule has 1 aromatic carbocycles. The summed E-state index contributed by atoms with van der Waals surface area (Å²) in [4.78, 5) is 12.3. The first kappa shape index (κ1) is 15.1. The van der Waals surface area contributed by atoms with Crippen LogP contribution >= 0.6 is 11.3 Å². The Hall–Kier alpha value is -2.33. The number of carbonyl (C=O) groups is 1. The average Bonchev–Trinajstić information content (AvgIpc) is 2.81. The molecule has 0 spiro atoms. The quantitative estimate of drug-likeness (QED) is 0.323. The van der Waals surface area contributed by atoms with Crippen molar-refractivity contribution in [1.82, 2.24) is 5.32 Å². The molecule has 112 valence electrons. The van der Waals surface area contributed by atoms with E-state index in [9.17, 15) is 13.2 Å². The minimum absolute atomic E-state index is 0.361. The lowest BCUT2D eigenvalue weighted by atomic mass is 10.2. The largest absolute Gasteiger partial charge is 0.398 e. The summed E-state index contributed by atoms with van der Waals surface area (Å²) in [6, 6.07) is 6.96. The van der Waals surface area contributed by atoms with Crippen molar-refractivity contribution in [1.29, 1.82) is 0 Å². The van der Waals surface area contributed by atoms with Gasteiger partial charge in [-0.2, -0.15) is 8.42 Å². The average molecular weight is 328 g/mol. The molecule has 0 fully saturated rings. The summed E-state index contributed by atoms with van der Waals surface area (Å²) in [6.07, 6.45) is 0.806. The fourth-order valence-electron chi connectivity index (χ4n) is 1.50. The molecule has 0 aliphatic carbocycles. The molecule has 10 heteroatoms. The Balaban J connectivity index is 2.17. The van der Waals surface area contributed by atoms with Gasteiger partial charge in [0, 0.05) is 15.8 Å². The smallest absolute Gasteiger partial charge is 0.325 e. The lowest BCUT2D eigenvalue weighted by Gasteiger charge is -2.01. The van der Waals surface area contributed by atoms with Gasteiger partial charge in [-0.25, -0.2) is 0 Å². The third kappa shape index (κ3) is 3.83. The van der Waals surface area contributed by atoms with Crippen LogP contribution < -0.4 is 16.8 Å². The zero-order valence-electron chi connectivity index (χ0n) is 10.9. The fourth-order valence-corrected chi connectivity index (χ4v) is 2.71. The number of fused-ring (bicyclic) bond motifs is 1. The monoisotopic (exact) mass is 328 g/mol. The van der Waals surface area contributed by atoms with Crippen LogP contribution in [0.15, 0.2) is 29.4 Å². The minimum atomic E-state index is -3.78. The molecule has 5 N–H and O–H groups in total. The molecule has 0 aliphatic rings. The van der Waals surface area contributed by atoms with Gasteiger partial charge >= 0.3 is 10.1 Å². The van der Waals surface area contributed by atoms with Crippen LogP contribution in [0.5, 0.6) is 0 Å². The lowest BCUT2D eigenvalue weighted by molar-refractivity contribution is 0.0979. The Morgan fingerprint density at radius 1 is 1.43 bits per heavy atom. The molecule has 1 amide bonds. The van der Waals surface area contributed by atoms with E-state index in [-0.39, 0.29) is 0 Å². The van der Waals surface area contributed by atoms with Crippen LogP contribution in [-0.4, -0.2) is 26.5 Å². The second kappa shape index (κ2) is 5.58. The number of benzene rings is 1. The van der Waals surface area contributed by atoms with Crippen LogP contribution in [0.25, 0.3) is 10.1 Å². The van der Waals surface area contributed by atoms with Crippen molar-refractivity contribution in [3.8, 4) is 0 Å². The standard InChI is InChI=1S/C11H12N4O4S2/c1-21(17,18)19-15-11(13)14-10(16)9-5-6-7(12)3-2-4-8(6)20-9/h2-5H,12H2,1H3,(H3,13,14,15,16). The highest BCUT2D eigenvalue weighted by Gasteiger charge is 2.13. The van der Waals surface area contributed by atoms with E-state index in [0.717, 1.165) is 16.3 Å². The number of rotatable bonds is 3. The van der Waals surface area contributed by atoms with Crippen LogP contribution in [0.1, 0.15) is 9.67 Å². The number of thiophene rings is 1. The van der Waals surface area contributed by atoms with Crippen molar-refractivity contribution in [3.05, 3.63) is 29.1 Å². The number of amides is 1. The second-order valence-electron chi connectivity index (χ2n) is 4.08. The number of anilines is 1. The summed E-state index contributed by atoms with van der Waals surface area (Å²) in [5.74, 6) is -0.996. The molecule has 0 atom stereocenters. The number of carbonyl (C=O) groups excluding carboxylic acids is 1. The number of hydrogen-bond acceptors (Lipinski definition) is 7. The Morgan fingerprint density at radius 2 is 2.14 bits per heavy atom. The third-order valence-corrected chi connectivity index (χ3v) is 3.78. The lowest BCUT2D eigenvalue weighted by Crippen LogP contribution is -2.36. The van der Waals surface area contributed by atoms with E-state index in [1.807, 2.05) is 6.07 Å². The molecular formula is C11H12N4O4S2. The van der Waals surface area contributed by atoms with Gasteiger partial charge in [-0.1, -0.05) is 6.07 Å². The maximum atomic E-state index is 12.0. The molecule has 0 saturated heterocycles. The first-order valence-corrected chi connectivity index (χ1v) is 8.21. The second-order valence-corrected chi connectivity index (χ2v) is 6.72. The minimum Gasteiger partial charge on any atom is -0.398 e. The van der Waals surface area contributed by atoms with Gasteiger partial charge in [0.25, 0.3) is 5.91 Å². The third-order valence-electron chi connectivity index (χ3n) is 2.33. The summed E-state index contributed by atoms with van der Waals surface area (Å²) in [5, 5.41) is 6.06. The van der Waals surface area contributed by atoms with Crippen LogP contribution in [0.2, 0.25) is 0 Å². The number of hydrogen-bond donors (Lipinski definition) is 3. The molecule has 21 heavy (non-hydrogen) atoms. The SMILES string of the molecule is CS(=O)(=O)ON=C(N)NC(=O)c1cc2c(N)cccc2s1. The topological polar surface area (TPSA) is 137 Å². The molecule has 1 heterocycles. The van der Waals surface area contributed by atoms with E-state index in [0.29, 0.717) is 10.6 Å². The Bertz CT molecular complexity index is 826. The molecular weight excluding hydrogens is 316 g/mol. The predicted molar refractivity (Wildman–Crippen MR) is 81.3 cm³/mol. The number of guanidine groups is 1. The number of nitrogens with zero attached hydrogens (tertiary/aromatic N) is 1. The zero-order chi connectivity index (χ0) is 15.6. The van der Waals surface area contributed by atoms with Crippen molar-refractivity contribution >= 4 is 49.1 Å². The van der Waals surface area contributed by atoms with Gasteiger partial charge in [0.05, 0.1) is 11.1 Å². The van der Waals surface area contributed by atoms with Crippen LogP contribution in [0.4, 0.5) is 5.69 Å². The fraction of sp³-hybridized carbons (Fsp3) is 0.0909. The zero-order valence-corrected chi connectivity index (χ0v) is 12.5. The number of nitrogens with one attached hydrogen (secondary N) is 1. The Labute approximate surface area is 124 Å². The molecule has 2 aromatic rings. The van der Waals surface area contributed by atoms with E-state index in [1.165, 1.54) is 11.3 Å². The Kier molecular flexibility index (Phi) is 4.00. The van der Waals surface area contributed by atoms with Gasteiger partial charge < -0.3 is 11.5 Å². The number of nitrogen functional groups attached to an aromatic ring is 1. The molecule has 2 rings (SSSR count). The van der Waals surface area contributed by atoms with Gasteiger partial charge in [0.2, 0.25) is 5.96 Å². The predicted octanol–water partition coefficient (Wildman–Crippen LogP) is 0.419. The summed E-state index contributed by atoms with van der Waals surface area (Å²) in [6.45, 7) is 0. The van der Waals surface area contributed by atoms with Gasteiger partial charge in [0.1, 0.15) is 0 Å². The van der Waals surface area contributed by atoms with Crippen LogP contribution in [0.3, 0.4) is 0 Å². The van der Waals surface area contributed by atoms with Crippen LogP contribution in [0, 0.1) is 0 Å². The van der Waals surface area contributed by atoms with Gasteiger partial charge in [-0.3, -0.25) is 14.4 Å². The summed E-state index contributed by atoms with van der Waals surface area (Å²) >= 11 is 1.22. The Morgan fingerprint density at radius 3 is 2.76 bits per heavy atom. The van der Waals surface area contributed by atoms with E-state index in [4.69, 9.17) is 11.5 Å². The number of oxime groups is 1. The highest BCUT2D eigenvalue weighted by Crippen LogP contribution is 2.29. The summed E-state index contributed by atoms with van der Waals surface area (Å²) < 4.78 is 26.4. The molecule has 1 aromatic heterocycles. The number of nitrogens with two attached hydrogens (primary N) is 2. The molecule has 0 bridgehead atoms. The maximum absolute atomic E-state index is 12.0. The molecule has 0 saturated carbocycles. The van der Waals surface area contributed by atoms with Crippen molar-refractivity contribution in [3.63, 3.8) is 0 Å². The van der Waals surface area contributed by atoms with E-state index in [2.05, 4.69) is 14.8 Å². The highest BCUT2D eigenvalue weighted by molar-refractivity contribution is 7.85. The summed E-state index contributed by atoms with van der Waals surface area (Å²) in [7, 11) is -3.78. The van der Waals surface area contributed by atoms with Crippen molar-refractivity contribution in [2.45, 2.75) is 0 Å². The summed E-state index contributed by atoms with van der Waals surface area (Å²) in [5.41, 5.74) is 11.7. The van der Waals surface area contributed by atoms with Gasteiger partial charge in [-0.05, 0) is 23.4 Å². The highest BCUT2D eigenvalue weighted by atomic mass is 32.2. The van der Waals surface area contributed by atoms with Gasteiger partial charge in [-0.15, -0.1) is 11.3 Å². The normalized spacial score (nSPS) is 12.3. The molecule has 0 radical (unpaired) electrons. The maximum Gasteiger partial charge on any atom is 0.325 e. The van der Waals surface area contributed by atoms with E-state index in [1.54, 1.807) is 18.2 Å². The first-order valence-electron chi connectivity index (χ1n) is 5.58.